The van der Waals surface area contributed by atoms with E-state index in [2.05, 4.69) is 4.84 Å². The molecule has 5 nitrogen and oxygen atoms in total. The highest BCUT2D eigenvalue weighted by molar-refractivity contribution is 6.20. The summed E-state index contributed by atoms with van der Waals surface area (Å²) in [6.07, 6.45) is -3.31. The first kappa shape index (κ1) is 16.1. The Morgan fingerprint density at radius 2 is 1.56 bits per heavy atom. The predicted octanol–water partition coefficient (Wildman–Crippen LogP) is 3.25. The highest BCUT2D eigenvalue weighted by Gasteiger charge is 2.74. The molecule has 132 valence electrons. The molecule has 2 saturated carbocycles. The van der Waals surface area contributed by atoms with Crippen molar-refractivity contribution in [1.29, 1.82) is 0 Å². The molecule has 2 fully saturated rings. The largest absolute Gasteiger partial charge is 0.405 e. The zero-order valence-electron chi connectivity index (χ0n) is 13.1. The smallest absolute Gasteiger partial charge is 0.329 e. The molecule has 3 aliphatic rings. The summed E-state index contributed by atoms with van der Waals surface area (Å²) < 4.78 is 40.7. The van der Waals surface area contributed by atoms with Crippen molar-refractivity contribution < 1.29 is 32.4 Å². The summed E-state index contributed by atoms with van der Waals surface area (Å²) in [6.45, 7) is 0. The number of halogens is 3. The molecule has 1 aliphatic heterocycles. The van der Waals surface area contributed by atoms with Crippen molar-refractivity contribution >= 4 is 17.8 Å². The molecular weight excluding hydrogens is 339 g/mol. The van der Waals surface area contributed by atoms with Gasteiger partial charge in [0.1, 0.15) is 0 Å². The Labute approximate surface area is 140 Å². The van der Waals surface area contributed by atoms with Crippen molar-refractivity contribution in [2.24, 2.45) is 10.8 Å². The number of nitrogens with zero attached hydrogens (tertiary/aromatic N) is 1. The van der Waals surface area contributed by atoms with Gasteiger partial charge in [-0.15, -0.1) is 0 Å². The van der Waals surface area contributed by atoms with Gasteiger partial charge in [0.25, 0.3) is 11.8 Å². The molecule has 1 aromatic rings. The molecule has 1 aromatic carbocycles. The molecule has 0 bridgehead atoms. The molecule has 4 rings (SSSR count). The SMILES string of the molecule is O=C1c2ccccc2C(=O)N1OC(=O)C1(C(F)(F)F)CC2(CCC2)C1. The Hall–Kier alpha value is -2.38. The van der Waals surface area contributed by atoms with E-state index in [1.807, 2.05) is 0 Å². The molecule has 0 aromatic heterocycles. The van der Waals surface area contributed by atoms with E-state index in [1.165, 1.54) is 24.3 Å². The number of carbonyl (C=O) groups excluding carboxylic acids is 3. The molecule has 0 unspecified atom stereocenters. The average molecular weight is 353 g/mol. The maximum atomic E-state index is 13.6. The van der Waals surface area contributed by atoms with Crippen LogP contribution in [-0.2, 0) is 9.63 Å². The number of imide groups is 1. The third-order valence-corrected chi connectivity index (χ3v) is 5.63. The summed E-state index contributed by atoms with van der Waals surface area (Å²) in [6, 6.07) is 5.74. The monoisotopic (exact) mass is 353 g/mol. The van der Waals surface area contributed by atoms with Gasteiger partial charge in [-0.1, -0.05) is 23.6 Å². The highest BCUT2D eigenvalue weighted by Crippen LogP contribution is 2.69. The van der Waals surface area contributed by atoms with E-state index in [9.17, 15) is 27.6 Å². The lowest BCUT2D eigenvalue weighted by atomic mass is 9.45. The predicted molar refractivity (Wildman–Crippen MR) is 77.0 cm³/mol. The fraction of sp³-hybridized carbons (Fsp3) is 0.471. The fourth-order valence-electron chi connectivity index (χ4n) is 4.14. The van der Waals surface area contributed by atoms with Gasteiger partial charge in [-0.25, -0.2) is 4.79 Å². The topological polar surface area (TPSA) is 63.7 Å². The summed E-state index contributed by atoms with van der Waals surface area (Å²) in [5, 5.41) is 0.145. The number of hydroxylamine groups is 2. The van der Waals surface area contributed by atoms with Gasteiger partial charge >= 0.3 is 12.1 Å². The number of amides is 2. The van der Waals surface area contributed by atoms with Crippen molar-refractivity contribution in [2.45, 2.75) is 38.3 Å². The lowest BCUT2D eigenvalue weighted by Gasteiger charge is -2.59. The Morgan fingerprint density at radius 1 is 1.04 bits per heavy atom. The van der Waals surface area contributed by atoms with E-state index in [4.69, 9.17) is 0 Å². The van der Waals surface area contributed by atoms with Crippen molar-refractivity contribution in [3.63, 3.8) is 0 Å². The second-order valence-electron chi connectivity index (χ2n) is 7.12. The Balaban J connectivity index is 1.57. The van der Waals surface area contributed by atoms with Crippen LogP contribution in [0.4, 0.5) is 13.2 Å². The van der Waals surface area contributed by atoms with Crippen LogP contribution in [0.1, 0.15) is 52.8 Å². The van der Waals surface area contributed by atoms with Crippen LogP contribution in [0.3, 0.4) is 0 Å². The second-order valence-corrected chi connectivity index (χ2v) is 7.12. The van der Waals surface area contributed by atoms with E-state index in [1.54, 1.807) is 0 Å². The minimum atomic E-state index is -4.79. The third kappa shape index (κ3) is 2.06. The van der Waals surface area contributed by atoms with Crippen molar-refractivity contribution in [1.82, 2.24) is 5.06 Å². The third-order valence-electron chi connectivity index (χ3n) is 5.63. The van der Waals surface area contributed by atoms with Crippen LogP contribution in [0.5, 0.6) is 0 Å². The summed E-state index contributed by atoms with van der Waals surface area (Å²) >= 11 is 0. The first-order valence-corrected chi connectivity index (χ1v) is 7.96. The van der Waals surface area contributed by atoms with Gasteiger partial charge < -0.3 is 4.84 Å². The van der Waals surface area contributed by atoms with Gasteiger partial charge in [0.15, 0.2) is 5.41 Å². The molecule has 2 aliphatic carbocycles. The molecule has 25 heavy (non-hydrogen) atoms. The van der Waals surface area contributed by atoms with Gasteiger partial charge in [0.2, 0.25) is 0 Å². The highest BCUT2D eigenvalue weighted by atomic mass is 19.4. The Bertz CT molecular complexity index is 754. The molecule has 1 spiro atoms. The maximum Gasteiger partial charge on any atom is 0.405 e. The molecule has 0 radical (unpaired) electrons. The number of carbonyl (C=O) groups is 3. The van der Waals surface area contributed by atoms with Crippen molar-refractivity contribution in [2.75, 3.05) is 0 Å². The molecule has 2 amide bonds. The number of rotatable bonds is 2. The quantitative estimate of drug-likeness (QED) is 0.766. The van der Waals surface area contributed by atoms with Gasteiger partial charge in [0.05, 0.1) is 11.1 Å². The standard InChI is InChI=1S/C17H14F3NO4/c18-17(19,20)16(8-15(9-16)6-3-7-15)14(24)25-21-12(22)10-4-1-2-5-11(10)13(21)23/h1-2,4-5H,3,6-9H2. The van der Waals surface area contributed by atoms with Gasteiger partial charge in [0, 0.05) is 0 Å². The molecule has 0 atom stereocenters. The van der Waals surface area contributed by atoms with Crippen molar-refractivity contribution in [3.05, 3.63) is 35.4 Å². The van der Waals surface area contributed by atoms with E-state index in [0.717, 1.165) is 6.42 Å². The minimum Gasteiger partial charge on any atom is -0.329 e. The summed E-state index contributed by atoms with van der Waals surface area (Å²) in [5.41, 5.74) is -3.07. The van der Waals surface area contributed by atoms with Crippen LogP contribution in [0, 0.1) is 10.8 Å². The van der Waals surface area contributed by atoms with E-state index < -0.39 is 34.8 Å². The number of hydrogen-bond donors (Lipinski definition) is 0. The first-order chi connectivity index (χ1) is 11.7. The van der Waals surface area contributed by atoms with Crippen LogP contribution >= 0.6 is 0 Å². The van der Waals surface area contributed by atoms with Crippen LogP contribution in [-0.4, -0.2) is 29.0 Å². The maximum absolute atomic E-state index is 13.6. The van der Waals surface area contributed by atoms with E-state index in [-0.39, 0.29) is 29.0 Å². The number of benzene rings is 1. The minimum absolute atomic E-state index is 0.00503. The number of hydrogen-bond acceptors (Lipinski definition) is 4. The fourth-order valence-corrected chi connectivity index (χ4v) is 4.14. The second kappa shape index (κ2) is 4.83. The summed E-state index contributed by atoms with van der Waals surface area (Å²) in [5.74, 6) is -3.43. The molecular formula is C17H14F3NO4. The van der Waals surface area contributed by atoms with Gasteiger partial charge in [-0.05, 0) is 43.2 Å². The molecule has 1 heterocycles. The number of alkyl halides is 3. The van der Waals surface area contributed by atoms with Crippen LogP contribution in [0.25, 0.3) is 0 Å². The average Bonchev–Trinajstić information content (AvgIpc) is 2.69. The van der Waals surface area contributed by atoms with E-state index >= 15 is 0 Å². The molecule has 0 saturated heterocycles. The van der Waals surface area contributed by atoms with Gasteiger partial charge in [-0.2, -0.15) is 13.2 Å². The summed E-state index contributed by atoms with van der Waals surface area (Å²) in [7, 11) is 0. The van der Waals surface area contributed by atoms with Crippen LogP contribution in [0.15, 0.2) is 24.3 Å². The van der Waals surface area contributed by atoms with Crippen molar-refractivity contribution in [3.8, 4) is 0 Å². The normalized spacial score (nSPS) is 23.1. The van der Waals surface area contributed by atoms with Gasteiger partial charge in [-0.3, -0.25) is 9.59 Å². The lowest BCUT2D eigenvalue weighted by Crippen LogP contribution is -2.62. The lowest BCUT2D eigenvalue weighted by molar-refractivity contribution is -0.298. The summed E-state index contributed by atoms with van der Waals surface area (Å²) in [4.78, 5) is 41.4. The zero-order chi connectivity index (χ0) is 18.0. The van der Waals surface area contributed by atoms with Crippen LogP contribution < -0.4 is 0 Å². The number of fused-ring (bicyclic) bond motifs is 1. The molecule has 8 heteroatoms. The van der Waals surface area contributed by atoms with E-state index in [0.29, 0.717) is 12.8 Å². The molecule has 0 N–H and O–H groups in total. The Morgan fingerprint density at radius 3 is 1.96 bits per heavy atom. The zero-order valence-corrected chi connectivity index (χ0v) is 13.1. The Kier molecular flexibility index (Phi) is 3.11. The van der Waals surface area contributed by atoms with Crippen LogP contribution in [0.2, 0.25) is 0 Å². The first-order valence-electron chi connectivity index (χ1n) is 7.96.